The number of aromatic nitrogens is 4. The van der Waals surface area contributed by atoms with Gasteiger partial charge in [0.15, 0.2) is 5.82 Å². The minimum atomic E-state index is 0.285. The number of allylic oxidation sites excluding steroid dienone is 1. The van der Waals surface area contributed by atoms with E-state index >= 15 is 0 Å². The second-order valence-corrected chi connectivity index (χ2v) is 4.69. The molecule has 100 valence electrons. The van der Waals surface area contributed by atoms with Crippen LogP contribution in [0.2, 0.25) is 0 Å². The molecule has 1 aromatic carbocycles. The molecule has 0 fully saturated rings. The summed E-state index contributed by atoms with van der Waals surface area (Å²) in [5.74, 6) is 1.13. The van der Waals surface area contributed by atoms with E-state index in [4.69, 9.17) is 0 Å². The monoisotopic (exact) mass is 256 g/mol. The molecule has 2 aromatic rings. The lowest BCUT2D eigenvalue weighted by atomic mass is 9.95. The van der Waals surface area contributed by atoms with E-state index in [2.05, 4.69) is 48.1 Å². The van der Waals surface area contributed by atoms with Gasteiger partial charge < -0.3 is 0 Å². The maximum atomic E-state index is 4.18. The first kappa shape index (κ1) is 13.5. The van der Waals surface area contributed by atoms with Crippen molar-refractivity contribution in [1.29, 1.82) is 0 Å². The van der Waals surface area contributed by atoms with E-state index in [-0.39, 0.29) is 5.92 Å². The van der Waals surface area contributed by atoms with Crippen LogP contribution in [-0.2, 0) is 6.54 Å². The third-order valence-corrected chi connectivity index (χ3v) is 3.30. The summed E-state index contributed by atoms with van der Waals surface area (Å²) in [5, 5.41) is 12.1. The Hall–Kier alpha value is -1.97. The lowest BCUT2D eigenvalue weighted by Crippen LogP contribution is -2.04. The summed E-state index contributed by atoms with van der Waals surface area (Å²) in [7, 11) is 0. The van der Waals surface area contributed by atoms with Crippen molar-refractivity contribution >= 4 is 0 Å². The highest BCUT2D eigenvalue weighted by atomic mass is 15.5. The molecule has 1 aromatic heterocycles. The molecule has 0 aliphatic carbocycles. The molecular weight excluding hydrogens is 236 g/mol. The maximum absolute atomic E-state index is 4.18. The average molecular weight is 256 g/mol. The summed E-state index contributed by atoms with van der Waals surface area (Å²) >= 11 is 0. The number of aryl methyl sites for hydroxylation is 1. The van der Waals surface area contributed by atoms with Gasteiger partial charge in [0.25, 0.3) is 0 Å². The van der Waals surface area contributed by atoms with E-state index in [9.17, 15) is 0 Å². The predicted octanol–water partition coefficient (Wildman–Crippen LogP) is 3.43. The van der Waals surface area contributed by atoms with Gasteiger partial charge in [0.1, 0.15) is 0 Å². The van der Waals surface area contributed by atoms with Crippen LogP contribution in [0.5, 0.6) is 0 Å². The third-order valence-electron chi connectivity index (χ3n) is 3.30. The Morgan fingerprint density at radius 1 is 1.37 bits per heavy atom. The molecule has 0 aliphatic heterocycles. The molecule has 2 rings (SSSR count). The molecule has 0 saturated heterocycles. The molecule has 4 heteroatoms. The zero-order valence-corrected chi connectivity index (χ0v) is 11.6. The van der Waals surface area contributed by atoms with Crippen molar-refractivity contribution in [1.82, 2.24) is 20.2 Å². The van der Waals surface area contributed by atoms with E-state index in [1.807, 2.05) is 22.9 Å². The van der Waals surface area contributed by atoms with E-state index in [0.29, 0.717) is 0 Å². The SMILES string of the molecule is C=CC(C)c1ccccc1-c1nnnn1CCCC. The summed E-state index contributed by atoms with van der Waals surface area (Å²) < 4.78 is 1.89. The zero-order valence-electron chi connectivity index (χ0n) is 11.6. The van der Waals surface area contributed by atoms with Gasteiger partial charge in [-0.3, -0.25) is 0 Å². The van der Waals surface area contributed by atoms with Crippen molar-refractivity contribution in [2.45, 2.75) is 39.2 Å². The summed E-state index contributed by atoms with van der Waals surface area (Å²) in [6, 6.07) is 8.25. The zero-order chi connectivity index (χ0) is 13.7. The highest BCUT2D eigenvalue weighted by molar-refractivity contribution is 5.61. The molecule has 0 N–H and O–H groups in total. The molecule has 0 aliphatic rings. The van der Waals surface area contributed by atoms with Gasteiger partial charge in [0.05, 0.1) is 0 Å². The van der Waals surface area contributed by atoms with E-state index < -0.39 is 0 Å². The Balaban J connectivity index is 2.41. The number of benzene rings is 1. The fourth-order valence-electron chi connectivity index (χ4n) is 2.08. The van der Waals surface area contributed by atoms with Crippen LogP contribution in [0.15, 0.2) is 36.9 Å². The fourth-order valence-corrected chi connectivity index (χ4v) is 2.08. The Bertz CT molecular complexity index is 545. The van der Waals surface area contributed by atoms with Gasteiger partial charge in [0, 0.05) is 12.1 Å². The average Bonchev–Trinajstić information content (AvgIpc) is 2.92. The van der Waals surface area contributed by atoms with Gasteiger partial charge in [-0.1, -0.05) is 50.6 Å². The van der Waals surface area contributed by atoms with Crippen LogP contribution in [0, 0.1) is 0 Å². The smallest absolute Gasteiger partial charge is 0.182 e. The van der Waals surface area contributed by atoms with E-state index in [1.165, 1.54) is 5.56 Å². The predicted molar refractivity (Wildman–Crippen MR) is 76.8 cm³/mol. The Labute approximate surface area is 114 Å². The lowest BCUT2D eigenvalue weighted by Gasteiger charge is -2.12. The van der Waals surface area contributed by atoms with Gasteiger partial charge in [-0.15, -0.1) is 11.7 Å². The number of tetrazole rings is 1. The molecular formula is C15H20N4. The molecule has 0 spiro atoms. The van der Waals surface area contributed by atoms with Gasteiger partial charge >= 0.3 is 0 Å². The standard InChI is InChI=1S/C15H20N4/c1-4-6-11-19-15(16-17-18-19)14-10-8-7-9-13(14)12(3)5-2/h5,7-10,12H,2,4,6,11H2,1,3H3. The molecule has 0 bridgehead atoms. The van der Waals surface area contributed by atoms with Crippen LogP contribution in [0.25, 0.3) is 11.4 Å². The first-order valence-corrected chi connectivity index (χ1v) is 6.76. The molecule has 0 saturated carbocycles. The van der Waals surface area contributed by atoms with Gasteiger partial charge in [-0.25, -0.2) is 4.68 Å². The van der Waals surface area contributed by atoms with Crippen LogP contribution >= 0.6 is 0 Å². The molecule has 1 unspecified atom stereocenters. The quantitative estimate of drug-likeness (QED) is 0.744. The molecule has 1 heterocycles. The summed E-state index contributed by atoms with van der Waals surface area (Å²) in [6.07, 6.45) is 4.15. The minimum Gasteiger partial charge on any atom is -0.225 e. The van der Waals surface area contributed by atoms with Crippen molar-refractivity contribution in [3.8, 4) is 11.4 Å². The first-order valence-electron chi connectivity index (χ1n) is 6.76. The van der Waals surface area contributed by atoms with Gasteiger partial charge in [-0.05, 0) is 28.3 Å². The fraction of sp³-hybridized carbons (Fsp3) is 0.400. The number of rotatable bonds is 6. The minimum absolute atomic E-state index is 0.285. The first-order chi connectivity index (χ1) is 9.27. The lowest BCUT2D eigenvalue weighted by molar-refractivity contribution is 0.557. The molecule has 1 atom stereocenters. The molecule has 4 nitrogen and oxygen atoms in total. The molecule has 0 amide bonds. The van der Waals surface area contributed by atoms with Crippen molar-refractivity contribution in [3.05, 3.63) is 42.5 Å². The van der Waals surface area contributed by atoms with Crippen molar-refractivity contribution in [2.24, 2.45) is 0 Å². The van der Waals surface area contributed by atoms with E-state index in [1.54, 1.807) is 0 Å². The van der Waals surface area contributed by atoms with Crippen molar-refractivity contribution in [2.75, 3.05) is 0 Å². The Kier molecular flexibility index (Phi) is 4.44. The Morgan fingerprint density at radius 3 is 2.89 bits per heavy atom. The van der Waals surface area contributed by atoms with Crippen LogP contribution < -0.4 is 0 Å². The number of hydrogen-bond donors (Lipinski definition) is 0. The number of nitrogens with zero attached hydrogens (tertiary/aromatic N) is 4. The Morgan fingerprint density at radius 2 is 2.16 bits per heavy atom. The second-order valence-electron chi connectivity index (χ2n) is 4.69. The van der Waals surface area contributed by atoms with Crippen LogP contribution in [0.3, 0.4) is 0 Å². The van der Waals surface area contributed by atoms with Crippen LogP contribution in [0.4, 0.5) is 0 Å². The van der Waals surface area contributed by atoms with Crippen LogP contribution in [0.1, 0.15) is 38.2 Å². The highest BCUT2D eigenvalue weighted by Crippen LogP contribution is 2.28. The van der Waals surface area contributed by atoms with Crippen molar-refractivity contribution < 1.29 is 0 Å². The molecule has 19 heavy (non-hydrogen) atoms. The van der Waals surface area contributed by atoms with Gasteiger partial charge in [-0.2, -0.15) is 0 Å². The summed E-state index contributed by atoms with van der Waals surface area (Å²) in [4.78, 5) is 0. The molecule has 0 radical (unpaired) electrons. The number of hydrogen-bond acceptors (Lipinski definition) is 3. The summed E-state index contributed by atoms with van der Waals surface area (Å²) in [5.41, 5.74) is 2.31. The second kappa shape index (κ2) is 6.27. The summed E-state index contributed by atoms with van der Waals surface area (Å²) in [6.45, 7) is 9.03. The van der Waals surface area contributed by atoms with Crippen molar-refractivity contribution in [3.63, 3.8) is 0 Å². The third kappa shape index (κ3) is 2.89. The maximum Gasteiger partial charge on any atom is 0.182 e. The van der Waals surface area contributed by atoms with Gasteiger partial charge in [0.2, 0.25) is 0 Å². The highest BCUT2D eigenvalue weighted by Gasteiger charge is 2.14. The largest absolute Gasteiger partial charge is 0.225 e. The normalized spacial score (nSPS) is 12.3. The topological polar surface area (TPSA) is 43.6 Å². The van der Waals surface area contributed by atoms with Crippen LogP contribution in [-0.4, -0.2) is 20.2 Å². The number of unbranched alkanes of at least 4 members (excludes halogenated alkanes) is 1. The van der Waals surface area contributed by atoms with E-state index in [0.717, 1.165) is 30.8 Å².